The van der Waals surface area contributed by atoms with Crippen LogP contribution in [0.3, 0.4) is 0 Å². The number of benzene rings is 2. The van der Waals surface area contributed by atoms with Crippen LogP contribution in [-0.2, 0) is 12.8 Å². The molecule has 0 radical (unpaired) electrons. The first-order valence-corrected chi connectivity index (χ1v) is 7.50. The Balaban J connectivity index is 1.88. The van der Waals surface area contributed by atoms with E-state index >= 15 is 0 Å². The van der Waals surface area contributed by atoms with E-state index in [1.165, 1.54) is 5.56 Å². The van der Waals surface area contributed by atoms with Gasteiger partial charge in [-0.3, -0.25) is 0 Å². The molecule has 3 rings (SSSR count). The first-order valence-electron chi connectivity index (χ1n) is 6.33. The summed E-state index contributed by atoms with van der Waals surface area (Å²) in [4.78, 5) is 0. The van der Waals surface area contributed by atoms with Crippen LogP contribution in [0.1, 0.15) is 11.1 Å². The fourth-order valence-corrected chi connectivity index (χ4v) is 3.11. The first-order chi connectivity index (χ1) is 9.60. The minimum absolute atomic E-state index is 0.582. The monoisotopic (exact) mass is 346 g/mol. The summed E-state index contributed by atoms with van der Waals surface area (Å²) in [5.74, 6) is 0. The summed E-state index contributed by atoms with van der Waals surface area (Å²) in [5.41, 5.74) is 2.72. The standard InChI is InChI=1S/C16H12BrClN2/c17-13-2-5-15(6-3-13)20-16(10-19)8-11-1-4-14(18)7-12(11)9-16/h1-7,20H,8-9H2. The Morgan fingerprint density at radius 2 is 1.80 bits per heavy atom. The summed E-state index contributed by atoms with van der Waals surface area (Å²) in [5, 5.41) is 13.7. The normalized spacial score (nSPS) is 20.2. The molecule has 0 amide bonds. The molecule has 4 heteroatoms. The highest BCUT2D eigenvalue weighted by molar-refractivity contribution is 9.10. The third-order valence-electron chi connectivity index (χ3n) is 3.59. The van der Waals surface area contributed by atoms with Crippen molar-refractivity contribution in [3.05, 3.63) is 63.1 Å². The maximum atomic E-state index is 9.62. The van der Waals surface area contributed by atoms with Crippen LogP contribution in [0, 0.1) is 11.3 Å². The van der Waals surface area contributed by atoms with Crippen LogP contribution < -0.4 is 5.32 Å². The van der Waals surface area contributed by atoms with Crippen molar-refractivity contribution in [3.8, 4) is 6.07 Å². The highest BCUT2D eigenvalue weighted by Crippen LogP contribution is 2.34. The topological polar surface area (TPSA) is 35.8 Å². The summed E-state index contributed by atoms with van der Waals surface area (Å²) >= 11 is 9.44. The summed E-state index contributed by atoms with van der Waals surface area (Å²) in [6.07, 6.45) is 1.38. The predicted octanol–water partition coefficient (Wildman–Crippen LogP) is 4.58. The number of fused-ring (bicyclic) bond motifs is 1. The van der Waals surface area contributed by atoms with Gasteiger partial charge in [-0.05, 0) is 47.5 Å². The molecule has 2 nitrogen and oxygen atoms in total. The number of nitrogens with one attached hydrogen (secondary N) is 1. The Morgan fingerprint density at radius 3 is 2.50 bits per heavy atom. The lowest BCUT2D eigenvalue weighted by Crippen LogP contribution is -2.37. The van der Waals surface area contributed by atoms with Gasteiger partial charge in [0.25, 0.3) is 0 Å². The van der Waals surface area contributed by atoms with Crippen molar-refractivity contribution in [3.63, 3.8) is 0 Å². The summed E-state index contributed by atoms with van der Waals surface area (Å²) in [6, 6.07) is 16.2. The van der Waals surface area contributed by atoms with Crippen LogP contribution in [0.25, 0.3) is 0 Å². The third kappa shape index (κ3) is 2.54. The van der Waals surface area contributed by atoms with Gasteiger partial charge in [0.15, 0.2) is 0 Å². The lowest BCUT2D eigenvalue weighted by Gasteiger charge is -2.23. The van der Waals surface area contributed by atoms with Gasteiger partial charge < -0.3 is 5.32 Å². The molecule has 2 aromatic rings. The Bertz CT molecular complexity index is 691. The third-order valence-corrected chi connectivity index (χ3v) is 4.36. The van der Waals surface area contributed by atoms with Gasteiger partial charge >= 0.3 is 0 Å². The SMILES string of the molecule is N#CC1(Nc2ccc(Br)cc2)Cc2ccc(Cl)cc2C1. The molecule has 1 atom stereocenters. The van der Waals surface area contributed by atoms with E-state index in [0.29, 0.717) is 12.8 Å². The molecule has 0 saturated heterocycles. The first kappa shape index (κ1) is 13.5. The number of anilines is 1. The smallest absolute Gasteiger partial charge is 0.133 e. The van der Waals surface area contributed by atoms with Crippen molar-refractivity contribution in [1.29, 1.82) is 5.26 Å². The Morgan fingerprint density at radius 1 is 1.10 bits per heavy atom. The van der Waals surface area contributed by atoms with Crippen molar-refractivity contribution in [2.24, 2.45) is 0 Å². The molecule has 0 aliphatic heterocycles. The number of nitrogens with zero attached hydrogens (tertiary/aromatic N) is 1. The molecule has 0 fully saturated rings. The van der Waals surface area contributed by atoms with Crippen LogP contribution in [0.2, 0.25) is 5.02 Å². The fraction of sp³-hybridized carbons (Fsp3) is 0.188. The molecule has 1 aliphatic rings. The van der Waals surface area contributed by atoms with Gasteiger partial charge in [0.2, 0.25) is 0 Å². The van der Waals surface area contributed by atoms with Crippen molar-refractivity contribution in [2.45, 2.75) is 18.4 Å². The van der Waals surface area contributed by atoms with Crippen molar-refractivity contribution in [2.75, 3.05) is 5.32 Å². The van der Waals surface area contributed by atoms with E-state index in [2.05, 4.69) is 27.3 Å². The lowest BCUT2D eigenvalue weighted by molar-refractivity contribution is 0.628. The second-order valence-corrected chi connectivity index (χ2v) is 6.44. The van der Waals surface area contributed by atoms with Crippen LogP contribution in [0.4, 0.5) is 5.69 Å². The lowest BCUT2D eigenvalue weighted by atomic mass is 9.97. The molecular formula is C16H12BrClN2. The van der Waals surface area contributed by atoms with Gasteiger partial charge in [-0.2, -0.15) is 5.26 Å². The predicted molar refractivity (Wildman–Crippen MR) is 85.0 cm³/mol. The number of hydrogen-bond acceptors (Lipinski definition) is 2. The Hall–Kier alpha value is -1.50. The number of rotatable bonds is 2. The quantitative estimate of drug-likeness (QED) is 0.863. The largest absolute Gasteiger partial charge is 0.367 e. The van der Waals surface area contributed by atoms with E-state index in [4.69, 9.17) is 11.6 Å². The zero-order chi connectivity index (χ0) is 14.2. The number of halogens is 2. The molecule has 0 bridgehead atoms. The maximum Gasteiger partial charge on any atom is 0.133 e. The molecule has 0 spiro atoms. The van der Waals surface area contributed by atoms with E-state index in [1.807, 2.05) is 42.5 Å². The summed E-state index contributed by atoms with van der Waals surface area (Å²) in [7, 11) is 0. The molecule has 0 heterocycles. The second kappa shape index (κ2) is 5.12. The minimum Gasteiger partial charge on any atom is -0.367 e. The van der Waals surface area contributed by atoms with Gasteiger partial charge in [0, 0.05) is 28.0 Å². The van der Waals surface area contributed by atoms with Crippen molar-refractivity contribution < 1.29 is 0 Å². The molecule has 2 aromatic carbocycles. The van der Waals surface area contributed by atoms with Gasteiger partial charge in [0.05, 0.1) is 6.07 Å². The zero-order valence-corrected chi connectivity index (χ0v) is 13.0. The minimum atomic E-state index is -0.582. The zero-order valence-electron chi connectivity index (χ0n) is 10.7. The Kier molecular flexibility index (Phi) is 3.45. The van der Waals surface area contributed by atoms with Crippen LogP contribution in [0.5, 0.6) is 0 Å². The average Bonchev–Trinajstić information content (AvgIpc) is 2.79. The van der Waals surface area contributed by atoms with Gasteiger partial charge in [-0.1, -0.05) is 33.6 Å². The summed E-state index contributed by atoms with van der Waals surface area (Å²) in [6.45, 7) is 0. The number of hydrogen-bond donors (Lipinski definition) is 1. The van der Waals surface area contributed by atoms with Crippen LogP contribution in [0.15, 0.2) is 46.9 Å². The van der Waals surface area contributed by atoms with Gasteiger partial charge in [-0.15, -0.1) is 0 Å². The van der Waals surface area contributed by atoms with Crippen molar-refractivity contribution in [1.82, 2.24) is 0 Å². The molecule has 1 N–H and O–H groups in total. The number of nitriles is 1. The van der Waals surface area contributed by atoms with Gasteiger partial charge in [0.1, 0.15) is 5.54 Å². The molecule has 1 unspecified atom stereocenters. The van der Waals surface area contributed by atoms with Crippen LogP contribution >= 0.6 is 27.5 Å². The molecule has 1 aliphatic carbocycles. The highest BCUT2D eigenvalue weighted by Gasteiger charge is 2.37. The second-order valence-electron chi connectivity index (χ2n) is 5.09. The molecule has 0 saturated carbocycles. The molecular weight excluding hydrogens is 336 g/mol. The van der Waals surface area contributed by atoms with E-state index in [1.54, 1.807) is 0 Å². The van der Waals surface area contributed by atoms with E-state index in [9.17, 15) is 5.26 Å². The fourth-order valence-electron chi connectivity index (χ4n) is 2.65. The molecule has 100 valence electrons. The van der Waals surface area contributed by atoms with E-state index < -0.39 is 5.54 Å². The molecule has 0 aromatic heterocycles. The average molecular weight is 348 g/mol. The van der Waals surface area contributed by atoms with E-state index in [0.717, 1.165) is 20.7 Å². The van der Waals surface area contributed by atoms with Gasteiger partial charge in [-0.25, -0.2) is 0 Å². The van der Waals surface area contributed by atoms with Crippen molar-refractivity contribution >= 4 is 33.2 Å². The van der Waals surface area contributed by atoms with E-state index in [-0.39, 0.29) is 0 Å². The summed E-state index contributed by atoms with van der Waals surface area (Å²) < 4.78 is 1.02. The highest BCUT2D eigenvalue weighted by atomic mass is 79.9. The van der Waals surface area contributed by atoms with Crippen LogP contribution in [-0.4, -0.2) is 5.54 Å². The Labute approximate surface area is 131 Å². The maximum absolute atomic E-state index is 9.62. The molecule has 20 heavy (non-hydrogen) atoms.